The van der Waals surface area contributed by atoms with Crippen molar-refractivity contribution in [3.63, 3.8) is 0 Å². The third-order valence-electron chi connectivity index (χ3n) is 3.69. The number of hydrogen-bond acceptors (Lipinski definition) is 5. The molecule has 20 heavy (non-hydrogen) atoms. The van der Waals surface area contributed by atoms with Crippen molar-refractivity contribution in [1.29, 1.82) is 0 Å². The van der Waals surface area contributed by atoms with E-state index in [0.29, 0.717) is 17.9 Å². The van der Waals surface area contributed by atoms with Crippen LogP contribution in [0.1, 0.15) is 38.8 Å². The number of aryl methyl sites for hydroxylation is 2. The minimum absolute atomic E-state index is 0.140. The topological polar surface area (TPSA) is 73.0 Å². The molecule has 1 aromatic rings. The molecule has 0 aromatic carbocycles. The Morgan fingerprint density at radius 3 is 2.90 bits per heavy atom. The average Bonchev–Trinajstić information content (AvgIpc) is 2.92. The molecule has 1 fully saturated rings. The molecule has 0 aliphatic carbocycles. The van der Waals surface area contributed by atoms with E-state index in [4.69, 9.17) is 0 Å². The van der Waals surface area contributed by atoms with E-state index in [2.05, 4.69) is 17.3 Å². The molecule has 2 rings (SSSR count). The van der Waals surface area contributed by atoms with Crippen LogP contribution < -0.4 is 5.32 Å². The standard InChI is InChI=1S/C13H22N4O2S/c1-4-6-10-11(17(18)19)12(16(3)15-10)14-9-13(2)7-5-8-20-13/h14H,4-9H2,1-3H3. The van der Waals surface area contributed by atoms with Gasteiger partial charge in [0.05, 0.1) is 4.92 Å². The largest absolute Gasteiger partial charge is 0.363 e. The highest BCUT2D eigenvalue weighted by Crippen LogP contribution is 2.38. The van der Waals surface area contributed by atoms with E-state index in [9.17, 15) is 10.1 Å². The third-order valence-corrected chi connectivity index (χ3v) is 5.23. The SMILES string of the molecule is CCCc1nn(C)c(NCC2(C)CCCS2)c1[N+](=O)[O-]. The molecule has 1 unspecified atom stereocenters. The van der Waals surface area contributed by atoms with Crippen LogP contribution in [0, 0.1) is 10.1 Å². The summed E-state index contributed by atoms with van der Waals surface area (Å²) in [7, 11) is 1.76. The van der Waals surface area contributed by atoms with Crippen molar-refractivity contribution in [2.75, 3.05) is 17.6 Å². The number of nitrogens with one attached hydrogen (secondary N) is 1. The van der Waals surface area contributed by atoms with Gasteiger partial charge >= 0.3 is 5.69 Å². The van der Waals surface area contributed by atoms with Crippen LogP contribution in [0.2, 0.25) is 0 Å². The highest BCUT2D eigenvalue weighted by molar-refractivity contribution is 8.00. The predicted octanol–water partition coefficient (Wildman–Crippen LogP) is 2.98. The minimum atomic E-state index is -0.315. The van der Waals surface area contributed by atoms with Gasteiger partial charge in [-0.05, 0) is 31.9 Å². The van der Waals surface area contributed by atoms with Crippen LogP contribution in [-0.2, 0) is 13.5 Å². The molecule has 2 heterocycles. The second kappa shape index (κ2) is 6.03. The Kier molecular flexibility index (Phi) is 4.57. The average molecular weight is 298 g/mol. The first-order valence-electron chi connectivity index (χ1n) is 7.05. The van der Waals surface area contributed by atoms with Crippen molar-refractivity contribution in [2.45, 2.75) is 44.3 Å². The molecule has 1 saturated heterocycles. The van der Waals surface area contributed by atoms with Gasteiger partial charge in [0.15, 0.2) is 0 Å². The Labute approximate surface area is 123 Å². The van der Waals surface area contributed by atoms with Gasteiger partial charge in [0, 0.05) is 18.3 Å². The van der Waals surface area contributed by atoms with Gasteiger partial charge in [-0.25, -0.2) is 4.68 Å². The Morgan fingerprint density at radius 2 is 2.35 bits per heavy atom. The van der Waals surface area contributed by atoms with Crippen molar-refractivity contribution in [2.24, 2.45) is 7.05 Å². The van der Waals surface area contributed by atoms with Gasteiger partial charge < -0.3 is 5.32 Å². The normalized spacial score (nSPS) is 22.1. The fraction of sp³-hybridized carbons (Fsp3) is 0.769. The zero-order chi connectivity index (χ0) is 14.8. The molecule has 7 heteroatoms. The lowest BCUT2D eigenvalue weighted by Gasteiger charge is -2.23. The third kappa shape index (κ3) is 3.08. The molecule has 112 valence electrons. The van der Waals surface area contributed by atoms with Gasteiger partial charge in [0.25, 0.3) is 0 Å². The van der Waals surface area contributed by atoms with Gasteiger partial charge in [-0.3, -0.25) is 10.1 Å². The summed E-state index contributed by atoms with van der Waals surface area (Å²) in [6.45, 7) is 4.96. The number of rotatable bonds is 6. The molecule has 0 bridgehead atoms. The maximum Gasteiger partial charge on any atom is 0.333 e. The Morgan fingerprint density at radius 1 is 1.60 bits per heavy atom. The van der Waals surface area contributed by atoms with Crippen LogP contribution in [0.25, 0.3) is 0 Å². The summed E-state index contributed by atoms with van der Waals surface area (Å²) in [4.78, 5) is 11.0. The zero-order valence-electron chi connectivity index (χ0n) is 12.3. The number of aromatic nitrogens is 2. The van der Waals surface area contributed by atoms with Crippen LogP contribution in [0.5, 0.6) is 0 Å². The first kappa shape index (κ1) is 15.2. The number of nitro groups is 1. The maximum atomic E-state index is 11.3. The van der Waals surface area contributed by atoms with Gasteiger partial charge in [-0.1, -0.05) is 13.3 Å². The van der Waals surface area contributed by atoms with E-state index < -0.39 is 0 Å². The van der Waals surface area contributed by atoms with Crippen molar-refractivity contribution in [3.05, 3.63) is 15.8 Å². The molecule has 0 saturated carbocycles. The quantitative estimate of drug-likeness (QED) is 0.645. The first-order chi connectivity index (χ1) is 9.47. The smallest absolute Gasteiger partial charge is 0.333 e. The van der Waals surface area contributed by atoms with Crippen LogP contribution in [0.4, 0.5) is 11.5 Å². The number of anilines is 1. The molecule has 6 nitrogen and oxygen atoms in total. The second-order valence-electron chi connectivity index (χ2n) is 5.53. The minimum Gasteiger partial charge on any atom is -0.363 e. The molecule has 0 spiro atoms. The molecule has 0 amide bonds. The fourth-order valence-corrected chi connectivity index (χ4v) is 3.85. The summed E-state index contributed by atoms with van der Waals surface area (Å²) in [6.07, 6.45) is 3.86. The van der Waals surface area contributed by atoms with Crippen LogP contribution in [0.3, 0.4) is 0 Å². The van der Waals surface area contributed by atoms with E-state index in [1.54, 1.807) is 11.7 Å². The molecule has 1 N–H and O–H groups in total. The monoisotopic (exact) mass is 298 g/mol. The van der Waals surface area contributed by atoms with E-state index in [-0.39, 0.29) is 15.4 Å². The summed E-state index contributed by atoms with van der Waals surface area (Å²) in [6, 6.07) is 0. The fourth-order valence-electron chi connectivity index (χ4n) is 2.61. The van der Waals surface area contributed by atoms with Crippen LogP contribution >= 0.6 is 11.8 Å². The Balaban J connectivity index is 2.19. The molecular weight excluding hydrogens is 276 g/mol. The lowest BCUT2D eigenvalue weighted by Crippen LogP contribution is -2.28. The first-order valence-corrected chi connectivity index (χ1v) is 8.03. The summed E-state index contributed by atoms with van der Waals surface area (Å²) in [5.41, 5.74) is 0.715. The zero-order valence-corrected chi connectivity index (χ0v) is 13.1. The van der Waals surface area contributed by atoms with E-state index in [1.807, 2.05) is 18.7 Å². The van der Waals surface area contributed by atoms with Crippen LogP contribution in [0.15, 0.2) is 0 Å². The van der Waals surface area contributed by atoms with Gasteiger partial charge in [-0.2, -0.15) is 16.9 Å². The van der Waals surface area contributed by atoms with Crippen molar-refractivity contribution in [1.82, 2.24) is 9.78 Å². The van der Waals surface area contributed by atoms with E-state index in [0.717, 1.165) is 19.4 Å². The summed E-state index contributed by atoms with van der Waals surface area (Å²) in [5.74, 6) is 1.71. The maximum absolute atomic E-state index is 11.3. The van der Waals surface area contributed by atoms with Gasteiger partial charge in [0.1, 0.15) is 5.69 Å². The van der Waals surface area contributed by atoms with Crippen LogP contribution in [-0.4, -0.2) is 31.7 Å². The predicted molar refractivity (Wildman–Crippen MR) is 82.4 cm³/mol. The molecule has 1 aliphatic rings. The second-order valence-corrected chi connectivity index (χ2v) is 7.21. The lowest BCUT2D eigenvalue weighted by molar-refractivity contribution is -0.384. The molecule has 1 aliphatic heterocycles. The van der Waals surface area contributed by atoms with Crippen molar-refractivity contribution in [3.8, 4) is 0 Å². The highest BCUT2D eigenvalue weighted by atomic mass is 32.2. The van der Waals surface area contributed by atoms with Gasteiger partial charge in [-0.15, -0.1) is 0 Å². The molecule has 1 aromatic heterocycles. The number of hydrogen-bond donors (Lipinski definition) is 1. The Hall–Kier alpha value is -1.24. The summed E-state index contributed by atoms with van der Waals surface area (Å²) < 4.78 is 1.77. The summed E-state index contributed by atoms with van der Waals surface area (Å²) >= 11 is 1.94. The van der Waals surface area contributed by atoms with Crippen molar-refractivity contribution >= 4 is 23.3 Å². The van der Waals surface area contributed by atoms with E-state index >= 15 is 0 Å². The highest BCUT2D eigenvalue weighted by Gasteiger charge is 2.32. The van der Waals surface area contributed by atoms with E-state index in [1.165, 1.54) is 12.2 Å². The lowest BCUT2D eigenvalue weighted by atomic mass is 10.1. The Bertz CT molecular complexity index is 495. The molecule has 1 atom stereocenters. The van der Waals surface area contributed by atoms with Crippen molar-refractivity contribution < 1.29 is 4.92 Å². The summed E-state index contributed by atoms with van der Waals surface area (Å²) in [5, 5.41) is 18.9. The molecule has 0 radical (unpaired) electrons. The number of thioether (sulfide) groups is 1. The van der Waals surface area contributed by atoms with Gasteiger partial charge in [0.2, 0.25) is 5.82 Å². The number of nitrogens with zero attached hydrogens (tertiary/aromatic N) is 3. The molecular formula is C13H22N4O2S.